The molecule has 0 saturated carbocycles. The van der Waals surface area contributed by atoms with Gasteiger partial charge in [-0.1, -0.05) is 38.1 Å². The summed E-state index contributed by atoms with van der Waals surface area (Å²) in [5.41, 5.74) is 3.40. The summed E-state index contributed by atoms with van der Waals surface area (Å²) in [4.78, 5) is 28.0. The molecule has 1 atom stereocenters. The summed E-state index contributed by atoms with van der Waals surface area (Å²) in [5, 5.41) is 12.8. The van der Waals surface area contributed by atoms with E-state index in [1.807, 2.05) is 74.7 Å². The second-order valence-electron chi connectivity index (χ2n) is 9.15. The third-order valence-electron chi connectivity index (χ3n) is 7.09. The molecule has 0 saturated heterocycles. The molecule has 6 heteroatoms. The van der Waals surface area contributed by atoms with Crippen LogP contribution < -0.4 is 11.3 Å². The molecule has 0 fully saturated rings. The highest BCUT2D eigenvalue weighted by Gasteiger charge is 2.31. The van der Waals surface area contributed by atoms with Crippen molar-refractivity contribution < 1.29 is 13.9 Å². The van der Waals surface area contributed by atoms with E-state index in [1.165, 1.54) is 0 Å². The number of fused-ring (bicyclic) bond motifs is 2. The average Bonchev–Trinajstić information content (AvgIpc) is 2.92. The molecule has 0 aliphatic heterocycles. The van der Waals surface area contributed by atoms with Gasteiger partial charge in [-0.2, -0.15) is 0 Å². The van der Waals surface area contributed by atoms with Crippen LogP contribution in [0.5, 0.6) is 5.75 Å². The zero-order chi connectivity index (χ0) is 26.3. The highest BCUT2D eigenvalue weighted by Crippen LogP contribution is 2.40. The Morgan fingerprint density at radius 2 is 1.32 bits per heavy atom. The summed E-state index contributed by atoms with van der Waals surface area (Å²) in [5.74, 6) is -1.06. The smallest absolute Gasteiger partial charge is 0.344 e. The topological polar surface area (TPSA) is 80.7 Å². The van der Waals surface area contributed by atoms with E-state index < -0.39 is 17.2 Å². The predicted octanol–water partition coefficient (Wildman–Crippen LogP) is 6.94. The Balaban J connectivity index is 1.88. The minimum absolute atomic E-state index is 0.0269. The maximum Gasteiger partial charge on any atom is 0.344 e. The summed E-state index contributed by atoms with van der Waals surface area (Å²) >= 11 is 1.60. The number of hydrogen-bond acceptors (Lipinski definition) is 6. The maximum atomic E-state index is 13.5. The molecular weight excluding hydrogens is 484 g/mol. The van der Waals surface area contributed by atoms with E-state index in [2.05, 4.69) is 6.92 Å². The van der Waals surface area contributed by atoms with Crippen LogP contribution >= 0.6 is 11.8 Å². The Labute approximate surface area is 218 Å². The number of hydrogen-bond donors (Lipinski definition) is 1. The van der Waals surface area contributed by atoms with Crippen LogP contribution in [0, 0.1) is 6.92 Å². The first-order valence-corrected chi connectivity index (χ1v) is 13.6. The lowest BCUT2D eigenvalue weighted by Gasteiger charge is -2.21. The molecule has 5 nitrogen and oxygen atoms in total. The van der Waals surface area contributed by atoms with E-state index in [-0.39, 0.29) is 11.3 Å². The first-order valence-electron chi connectivity index (χ1n) is 12.3. The maximum absolute atomic E-state index is 13.5. The lowest BCUT2D eigenvalue weighted by Crippen LogP contribution is -2.22. The molecule has 0 amide bonds. The Bertz CT molecular complexity index is 1640. The third kappa shape index (κ3) is 4.36. The first-order chi connectivity index (χ1) is 17.9. The van der Waals surface area contributed by atoms with Gasteiger partial charge in [0.05, 0.1) is 22.4 Å². The van der Waals surface area contributed by atoms with Crippen molar-refractivity contribution in [3.05, 3.63) is 115 Å². The molecular formula is C31H28O5S. The molecule has 1 N–H and O–H groups in total. The van der Waals surface area contributed by atoms with E-state index in [0.29, 0.717) is 33.2 Å². The largest absolute Gasteiger partial charge is 0.507 e. The van der Waals surface area contributed by atoms with Crippen molar-refractivity contribution in [1.82, 2.24) is 0 Å². The molecule has 0 aliphatic rings. The van der Waals surface area contributed by atoms with Crippen molar-refractivity contribution in [3.8, 4) is 5.75 Å². The van der Waals surface area contributed by atoms with Gasteiger partial charge >= 0.3 is 11.3 Å². The summed E-state index contributed by atoms with van der Waals surface area (Å²) in [6.45, 7) is 5.95. The Kier molecular flexibility index (Phi) is 6.69. The fourth-order valence-electron chi connectivity index (χ4n) is 4.96. The zero-order valence-corrected chi connectivity index (χ0v) is 22.1. The molecule has 1 unspecified atom stereocenters. The monoisotopic (exact) mass is 512 g/mol. The summed E-state index contributed by atoms with van der Waals surface area (Å²) in [6, 6.07) is 18.8. The van der Waals surface area contributed by atoms with Crippen LogP contribution in [0.15, 0.2) is 84.0 Å². The van der Waals surface area contributed by atoms with Crippen molar-refractivity contribution in [2.24, 2.45) is 0 Å². The quantitative estimate of drug-likeness (QED) is 0.196. The van der Waals surface area contributed by atoms with Gasteiger partial charge in [0.25, 0.3) is 0 Å². The van der Waals surface area contributed by atoms with Crippen molar-refractivity contribution in [3.63, 3.8) is 0 Å². The third-order valence-corrected chi connectivity index (χ3v) is 7.84. The van der Waals surface area contributed by atoms with Crippen LogP contribution in [-0.2, 0) is 12.8 Å². The van der Waals surface area contributed by atoms with Gasteiger partial charge in [0.15, 0.2) is 0 Å². The second kappa shape index (κ2) is 9.94. The molecule has 0 bridgehead atoms. The van der Waals surface area contributed by atoms with Gasteiger partial charge < -0.3 is 13.9 Å². The molecule has 5 rings (SSSR count). The van der Waals surface area contributed by atoms with E-state index in [1.54, 1.807) is 17.8 Å². The summed E-state index contributed by atoms with van der Waals surface area (Å²) in [6.07, 6.45) is 3.57. The summed E-state index contributed by atoms with van der Waals surface area (Å²) < 4.78 is 11.5. The van der Waals surface area contributed by atoms with Gasteiger partial charge in [0.1, 0.15) is 16.9 Å². The van der Waals surface area contributed by atoms with Crippen molar-refractivity contribution in [2.45, 2.75) is 44.4 Å². The second-order valence-corrected chi connectivity index (χ2v) is 10.0. The lowest BCUT2D eigenvalue weighted by molar-refractivity contribution is 0.453. The van der Waals surface area contributed by atoms with Gasteiger partial charge in [0.2, 0.25) is 0 Å². The molecule has 0 aliphatic carbocycles. The fraction of sp³-hybridized carbons (Fsp3) is 0.226. The van der Waals surface area contributed by atoms with E-state index in [0.717, 1.165) is 34.3 Å². The first kappa shape index (κ1) is 24.9. The minimum atomic E-state index is -0.882. The molecule has 2 heterocycles. The molecule has 37 heavy (non-hydrogen) atoms. The normalized spacial score (nSPS) is 12.3. The van der Waals surface area contributed by atoms with Gasteiger partial charge in [-0.25, -0.2) is 9.59 Å². The van der Waals surface area contributed by atoms with Crippen molar-refractivity contribution in [2.75, 3.05) is 6.26 Å². The van der Waals surface area contributed by atoms with Crippen LogP contribution in [0.4, 0.5) is 0 Å². The SMILES string of the molecule is CCc1ccc2oc(=O)c(C(c3ccc(SC)cc3)c3c(O)c4cc(CC)ccc4oc3=O)c(C)c2c1. The number of rotatable bonds is 6. The number of aryl methyl sites for hydroxylation is 3. The Morgan fingerprint density at radius 1 is 0.784 bits per heavy atom. The van der Waals surface area contributed by atoms with Gasteiger partial charge in [-0.15, -0.1) is 11.8 Å². The van der Waals surface area contributed by atoms with Crippen LogP contribution in [-0.4, -0.2) is 11.4 Å². The van der Waals surface area contributed by atoms with E-state index >= 15 is 0 Å². The highest BCUT2D eigenvalue weighted by atomic mass is 32.2. The molecule has 188 valence electrons. The molecule has 5 aromatic rings. The summed E-state index contributed by atoms with van der Waals surface area (Å²) in [7, 11) is 0. The lowest BCUT2D eigenvalue weighted by atomic mass is 9.83. The number of benzene rings is 3. The predicted molar refractivity (Wildman–Crippen MR) is 149 cm³/mol. The van der Waals surface area contributed by atoms with Crippen molar-refractivity contribution >= 4 is 33.7 Å². The van der Waals surface area contributed by atoms with Crippen LogP contribution in [0.2, 0.25) is 0 Å². The Morgan fingerprint density at radius 3 is 1.89 bits per heavy atom. The molecule has 0 spiro atoms. The fourth-order valence-corrected chi connectivity index (χ4v) is 5.37. The average molecular weight is 513 g/mol. The molecule has 0 radical (unpaired) electrons. The highest BCUT2D eigenvalue weighted by molar-refractivity contribution is 7.98. The van der Waals surface area contributed by atoms with Crippen LogP contribution in [0.25, 0.3) is 21.9 Å². The minimum Gasteiger partial charge on any atom is -0.507 e. The van der Waals surface area contributed by atoms with E-state index in [4.69, 9.17) is 8.83 Å². The van der Waals surface area contributed by atoms with Gasteiger partial charge in [-0.3, -0.25) is 0 Å². The van der Waals surface area contributed by atoms with E-state index in [9.17, 15) is 14.7 Å². The number of thioether (sulfide) groups is 1. The molecule has 3 aromatic carbocycles. The molecule has 2 aromatic heterocycles. The standard InChI is InChI=1S/C31H28O5S/c1-5-18-7-13-24-22(15-18)17(3)26(30(33)35-24)27(20-9-11-21(37-4)12-10-20)28-29(32)23-16-19(6-2)8-14-25(23)36-31(28)34/h7-16,27,32H,5-6H2,1-4H3. The number of aromatic hydroxyl groups is 1. The van der Waals surface area contributed by atoms with Gasteiger partial charge in [-0.05, 0) is 84.7 Å². The van der Waals surface area contributed by atoms with Gasteiger partial charge in [0, 0.05) is 10.3 Å². The van der Waals surface area contributed by atoms with Crippen molar-refractivity contribution in [1.29, 1.82) is 0 Å². The zero-order valence-electron chi connectivity index (χ0n) is 21.3. The Hall–Kier alpha value is -3.77. The van der Waals surface area contributed by atoms with Crippen LogP contribution in [0.1, 0.15) is 53.1 Å². The van der Waals surface area contributed by atoms with Crippen LogP contribution in [0.3, 0.4) is 0 Å².